The van der Waals surface area contributed by atoms with Crippen molar-refractivity contribution in [3.8, 4) is 0 Å². The van der Waals surface area contributed by atoms with E-state index in [0.29, 0.717) is 30.7 Å². The largest absolute Gasteiger partial charge is 0.349 e. The number of amides is 3. The van der Waals surface area contributed by atoms with Crippen LogP contribution in [-0.4, -0.2) is 52.7 Å². The molecule has 6 nitrogen and oxygen atoms in total. The van der Waals surface area contributed by atoms with Gasteiger partial charge in [-0.1, -0.05) is 12.1 Å². The standard InChI is InChI=1S/C24H31N3O3/c28-22(25-20-9-10-20)17-5-3-16(4-6-17)14-27(21-11-12-21)24(30)19-2-1-13-26(15-19)23(29)18-7-8-18/h3-6,18-21H,1-2,7-15H2,(H,25,28). The molecule has 3 saturated carbocycles. The maximum absolute atomic E-state index is 13.4. The maximum atomic E-state index is 13.4. The Morgan fingerprint density at radius 3 is 2.30 bits per heavy atom. The lowest BCUT2D eigenvalue weighted by Crippen LogP contribution is -2.47. The molecule has 0 radical (unpaired) electrons. The van der Waals surface area contributed by atoms with E-state index in [4.69, 9.17) is 0 Å². The van der Waals surface area contributed by atoms with Crippen LogP contribution in [-0.2, 0) is 16.1 Å². The molecule has 1 heterocycles. The van der Waals surface area contributed by atoms with E-state index in [0.717, 1.165) is 63.5 Å². The highest BCUT2D eigenvalue weighted by molar-refractivity contribution is 5.94. The van der Waals surface area contributed by atoms with Gasteiger partial charge in [-0.25, -0.2) is 0 Å². The summed E-state index contributed by atoms with van der Waals surface area (Å²) in [4.78, 5) is 42.0. The predicted molar refractivity (Wildman–Crippen MR) is 113 cm³/mol. The van der Waals surface area contributed by atoms with Crippen molar-refractivity contribution in [3.05, 3.63) is 35.4 Å². The smallest absolute Gasteiger partial charge is 0.251 e. The van der Waals surface area contributed by atoms with Crippen LogP contribution in [0.25, 0.3) is 0 Å². The summed E-state index contributed by atoms with van der Waals surface area (Å²) >= 11 is 0. The van der Waals surface area contributed by atoms with E-state index in [-0.39, 0.29) is 29.6 Å². The van der Waals surface area contributed by atoms with Crippen molar-refractivity contribution < 1.29 is 14.4 Å². The quantitative estimate of drug-likeness (QED) is 0.753. The van der Waals surface area contributed by atoms with Crippen LogP contribution in [0.4, 0.5) is 0 Å². The van der Waals surface area contributed by atoms with Gasteiger partial charge >= 0.3 is 0 Å². The van der Waals surface area contributed by atoms with Gasteiger partial charge in [0.2, 0.25) is 11.8 Å². The number of hydrogen-bond donors (Lipinski definition) is 1. The van der Waals surface area contributed by atoms with Crippen LogP contribution in [0.3, 0.4) is 0 Å². The molecule has 5 rings (SSSR count). The van der Waals surface area contributed by atoms with E-state index in [2.05, 4.69) is 5.32 Å². The number of benzene rings is 1. The van der Waals surface area contributed by atoms with Crippen LogP contribution in [0.15, 0.2) is 24.3 Å². The van der Waals surface area contributed by atoms with Gasteiger partial charge in [-0.05, 0) is 69.1 Å². The predicted octanol–water partition coefficient (Wildman–Crippen LogP) is 2.72. The number of carbonyl (C=O) groups excluding carboxylic acids is 3. The minimum absolute atomic E-state index is 0.0122. The van der Waals surface area contributed by atoms with Crippen molar-refractivity contribution in [2.24, 2.45) is 11.8 Å². The molecule has 160 valence electrons. The van der Waals surface area contributed by atoms with Crippen molar-refractivity contribution in [1.82, 2.24) is 15.1 Å². The molecule has 1 aromatic rings. The molecular weight excluding hydrogens is 378 g/mol. The lowest BCUT2D eigenvalue weighted by atomic mass is 9.95. The van der Waals surface area contributed by atoms with Crippen molar-refractivity contribution >= 4 is 17.7 Å². The maximum Gasteiger partial charge on any atom is 0.251 e. The summed E-state index contributed by atoms with van der Waals surface area (Å²) in [5.74, 6) is 0.577. The van der Waals surface area contributed by atoms with Crippen LogP contribution in [0.5, 0.6) is 0 Å². The SMILES string of the molecule is O=C(NC1CC1)c1ccc(CN(C(=O)C2CCCN(C(=O)C3CC3)C2)C2CC2)cc1. The van der Waals surface area contributed by atoms with Crippen molar-refractivity contribution in [1.29, 1.82) is 0 Å². The molecule has 1 unspecified atom stereocenters. The Morgan fingerprint density at radius 2 is 1.67 bits per heavy atom. The highest BCUT2D eigenvalue weighted by atomic mass is 16.2. The van der Waals surface area contributed by atoms with E-state index in [9.17, 15) is 14.4 Å². The highest BCUT2D eigenvalue weighted by Gasteiger charge is 2.40. The minimum atomic E-state index is -0.0781. The fourth-order valence-corrected chi connectivity index (χ4v) is 4.43. The first kappa shape index (κ1) is 19.6. The molecule has 6 heteroatoms. The number of likely N-dealkylation sites (tertiary alicyclic amines) is 1. The molecule has 1 aromatic carbocycles. The Hall–Kier alpha value is -2.37. The van der Waals surface area contributed by atoms with Gasteiger partial charge in [0.05, 0.1) is 5.92 Å². The monoisotopic (exact) mass is 409 g/mol. The topological polar surface area (TPSA) is 69.7 Å². The summed E-state index contributed by atoms with van der Waals surface area (Å²) in [6.45, 7) is 1.96. The fourth-order valence-electron chi connectivity index (χ4n) is 4.43. The molecule has 30 heavy (non-hydrogen) atoms. The second-order valence-electron chi connectivity index (χ2n) is 9.54. The second kappa shape index (κ2) is 8.05. The van der Waals surface area contributed by atoms with Gasteiger partial charge in [0.1, 0.15) is 0 Å². The Bertz CT molecular complexity index is 825. The highest BCUT2D eigenvalue weighted by Crippen LogP contribution is 2.34. The number of piperidine rings is 1. The molecule has 1 N–H and O–H groups in total. The van der Waals surface area contributed by atoms with E-state index in [1.807, 2.05) is 34.1 Å². The molecule has 4 fully saturated rings. The van der Waals surface area contributed by atoms with Crippen LogP contribution in [0.1, 0.15) is 67.3 Å². The average molecular weight is 410 g/mol. The number of rotatable bonds is 7. The number of nitrogens with zero attached hydrogens (tertiary/aromatic N) is 2. The lowest BCUT2D eigenvalue weighted by molar-refractivity contribution is -0.142. The van der Waals surface area contributed by atoms with Gasteiger partial charge in [0, 0.05) is 43.2 Å². The number of hydrogen-bond acceptors (Lipinski definition) is 3. The van der Waals surface area contributed by atoms with Gasteiger partial charge in [-0.3, -0.25) is 14.4 Å². The zero-order chi connectivity index (χ0) is 20.7. The summed E-state index contributed by atoms with van der Waals surface area (Å²) < 4.78 is 0. The molecule has 0 bridgehead atoms. The molecule has 3 amide bonds. The Labute approximate surface area is 178 Å². The summed E-state index contributed by atoms with van der Waals surface area (Å²) in [7, 11) is 0. The number of nitrogens with one attached hydrogen (secondary N) is 1. The first-order chi connectivity index (χ1) is 14.6. The van der Waals surface area contributed by atoms with Crippen molar-refractivity contribution in [2.75, 3.05) is 13.1 Å². The van der Waals surface area contributed by atoms with Crippen LogP contribution < -0.4 is 5.32 Å². The molecule has 3 aliphatic carbocycles. The summed E-state index contributed by atoms with van der Waals surface area (Å²) in [5.41, 5.74) is 1.73. The Morgan fingerprint density at radius 1 is 0.933 bits per heavy atom. The third kappa shape index (κ3) is 4.52. The molecular formula is C24H31N3O3. The third-order valence-electron chi connectivity index (χ3n) is 6.76. The average Bonchev–Trinajstić information content (AvgIpc) is 3.62. The first-order valence-electron chi connectivity index (χ1n) is 11.6. The molecule has 1 saturated heterocycles. The van der Waals surface area contributed by atoms with E-state index in [1.165, 1.54) is 0 Å². The van der Waals surface area contributed by atoms with Gasteiger partial charge in [0.25, 0.3) is 5.91 Å². The second-order valence-corrected chi connectivity index (χ2v) is 9.54. The van der Waals surface area contributed by atoms with Gasteiger partial charge in [0.15, 0.2) is 0 Å². The van der Waals surface area contributed by atoms with Gasteiger partial charge in [-0.2, -0.15) is 0 Å². The van der Waals surface area contributed by atoms with Crippen molar-refractivity contribution in [3.63, 3.8) is 0 Å². The van der Waals surface area contributed by atoms with Crippen LogP contribution >= 0.6 is 0 Å². The third-order valence-corrected chi connectivity index (χ3v) is 6.76. The Kier molecular flexibility index (Phi) is 5.25. The van der Waals surface area contributed by atoms with Crippen LogP contribution in [0, 0.1) is 11.8 Å². The van der Waals surface area contributed by atoms with Gasteiger partial charge in [-0.15, -0.1) is 0 Å². The normalized spacial score (nSPS) is 23.7. The van der Waals surface area contributed by atoms with E-state index in [1.54, 1.807) is 0 Å². The molecule has 4 aliphatic rings. The zero-order valence-electron chi connectivity index (χ0n) is 17.5. The van der Waals surface area contributed by atoms with E-state index < -0.39 is 0 Å². The zero-order valence-corrected chi connectivity index (χ0v) is 17.5. The molecule has 0 aromatic heterocycles. The Balaban J connectivity index is 1.22. The van der Waals surface area contributed by atoms with Crippen molar-refractivity contribution in [2.45, 2.75) is 70.0 Å². The van der Waals surface area contributed by atoms with Crippen LogP contribution in [0.2, 0.25) is 0 Å². The van der Waals surface area contributed by atoms with E-state index >= 15 is 0 Å². The minimum Gasteiger partial charge on any atom is -0.349 e. The lowest BCUT2D eigenvalue weighted by Gasteiger charge is -2.35. The summed E-state index contributed by atoms with van der Waals surface area (Å²) in [5, 5.41) is 3.01. The fraction of sp³-hybridized carbons (Fsp3) is 0.625. The summed E-state index contributed by atoms with van der Waals surface area (Å²) in [6.07, 6.45) is 8.08. The molecule has 1 aliphatic heterocycles. The first-order valence-corrected chi connectivity index (χ1v) is 11.6. The molecule has 1 atom stereocenters. The number of carbonyl (C=O) groups is 3. The van der Waals surface area contributed by atoms with Gasteiger partial charge < -0.3 is 15.1 Å². The summed E-state index contributed by atoms with van der Waals surface area (Å²) in [6, 6.07) is 8.33. The molecule has 0 spiro atoms.